The Morgan fingerprint density at radius 1 is 0.588 bits per heavy atom. The molecule has 34 heavy (non-hydrogen) atoms. The fraction of sp³-hybridized carbons (Fsp3) is 0.0769. The minimum absolute atomic E-state index is 0.649. The van der Waals surface area contributed by atoms with E-state index in [-0.39, 0.29) is 0 Å². The maximum absolute atomic E-state index is 4.60. The Labute approximate surface area is 197 Å². The number of aromatic nitrogens is 8. The second kappa shape index (κ2) is 9.41. The first kappa shape index (κ1) is 21.1. The number of hydrogen-bond donors (Lipinski definition) is 0. The minimum atomic E-state index is 0.649. The van der Waals surface area contributed by atoms with Gasteiger partial charge < -0.3 is 0 Å². The van der Waals surface area contributed by atoms with Gasteiger partial charge >= 0.3 is 0 Å². The zero-order chi connectivity index (χ0) is 23.3. The molecule has 0 aliphatic heterocycles. The number of hydrogen-bond acceptors (Lipinski definition) is 6. The lowest BCUT2D eigenvalue weighted by atomic mass is 10.1. The van der Waals surface area contributed by atoms with Gasteiger partial charge in [0.25, 0.3) is 0 Å². The van der Waals surface area contributed by atoms with Crippen LogP contribution < -0.4 is 0 Å². The molecule has 0 spiro atoms. The lowest BCUT2D eigenvalue weighted by Gasteiger charge is -1.99. The Hall–Kier alpha value is -4.72. The molecule has 0 atom stereocenters. The second-order valence-electron chi connectivity index (χ2n) is 7.74. The predicted octanol–water partition coefficient (Wildman–Crippen LogP) is 4.41. The van der Waals surface area contributed by atoms with Crippen LogP contribution in [0.1, 0.15) is 22.8 Å². The summed E-state index contributed by atoms with van der Waals surface area (Å²) in [4.78, 5) is 17.9. The topological polar surface area (TPSA) is 87.2 Å². The predicted molar refractivity (Wildman–Crippen MR) is 133 cm³/mol. The normalized spacial score (nSPS) is 11.6. The monoisotopic (exact) mass is 446 g/mol. The summed E-state index contributed by atoms with van der Waals surface area (Å²) >= 11 is 0. The van der Waals surface area contributed by atoms with E-state index in [1.807, 2.05) is 87.2 Å². The molecule has 4 heterocycles. The van der Waals surface area contributed by atoms with Gasteiger partial charge in [0.05, 0.1) is 23.8 Å². The molecule has 0 N–H and O–H groups in total. The minimum Gasteiger partial charge on any atom is -0.275 e. The van der Waals surface area contributed by atoms with Crippen molar-refractivity contribution in [1.29, 1.82) is 0 Å². The number of rotatable bonds is 6. The van der Waals surface area contributed by atoms with E-state index >= 15 is 0 Å². The smallest absolute Gasteiger partial charge is 0.152 e. The summed E-state index contributed by atoms with van der Waals surface area (Å²) in [5.74, 6) is 1.30. The Morgan fingerprint density at radius 2 is 1.03 bits per heavy atom. The van der Waals surface area contributed by atoms with Crippen molar-refractivity contribution in [3.8, 4) is 22.5 Å². The van der Waals surface area contributed by atoms with Crippen molar-refractivity contribution in [2.75, 3.05) is 0 Å². The van der Waals surface area contributed by atoms with Crippen LogP contribution in [-0.4, -0.2) is 39.5 Å². The van der Waals surface area contributed by atoms with Crippen LogP contribution in [0.4, 0.5) is 0 Å². The third-order valence-corrected chi connectivity index (χ3v) is 5.14. The lowest BCUT2D eigenvalue weighted by Crippen LogP contribution is -1.90. The van der Waals surface area contributed by atoms with E-state index < -0.39 is 0 Å². The van der Waals surface area contributed by atoms with Gasteiger partial charge in [0.15, 0.2) is 11.6 Å². The summed E-state index contributed by atoms with van der Waals surface area (Å²) in [5.41, 5.74) is 5.73. The average Bonchev–Trinajstić information content (AvgIpc) is 3.51. The highest BCUT2D eigenvalue weighted by atomic mass is 15.2. The van der Waals surface area contributed by atoms with E-state index in [0.717, 1.165) is 33.6 Å². The molecule has 8 nitrogen and oxygen atoms in total. The van der Waals surface area contributed by atoms with Crippen LogP contribution >= 0.6 is 0 Å². The zero-order valence-corrected chi connectivity index (χ0v) is 18.8. The van der Waals surface area contributed by atoms with Gasteiger partial charge in [-0.15, -0.1) is 0 Å². The van der Waals surface area contributed by atoms with Crippen molar-refractivity contribution in [1.82, 2.24) is 39.5 Å². The van der Waals surface area contributed by atoms with E-state index in [2.05, 4.69) is 30.1 Å². The summed E-state index contributed by atoms with van der Waals surface area (Å²) in [6.45, 7) is 0. The quantitative estimate of drug-likeness (QED) is 0.384. The fourth-order valence-electron chi connectivity index (χ4n) is 3.40. The highest BCUT2D eigenvalue weighted by Crippen LogP contribution is 2.17. The maximum Gasteiger partial charge on any atom is 0.152 e. The highest BCUT2D eigenvalue weighted by Gasteiger charge is 2.04. The molecule has 5 aromatic rings. The van der Waals surface area contributed by atoms with E-state index in [1.54, 1.807) is 34.2 Å². The molecule has 0 aliphatic rings. The first-order chi connectivity index (χ1) is 16.6. The Balaban J connectivity index is 1.26. The molecule has 0 bridgehead atoms. The molecule has 0 fully saturated rings. The molecule has 0 aliphatic carbocycles. The van der Waals surface area contributed by atoms with Crippen molar-refractivity contribution < 1.29 is 0 Å². The van der Waals surface area contributed by atoms with Crippen molar-refractivity contribution in [2.24, 2.45) is 14.1 Å². The molecule has 0 unspecified atom stereocenters. The fourth-order valence-corrected chi connectivity index (χ4v) is 3.40. The summed E-state index contributed by atoms with van der Waals surface area (Å²) < 4.78 is 3.51. The van der Waals surface area contributed by atoms with Crippen molar-refractivity contribution in [3.05, 3.63) is 96.4 Å². The first-order valence-corrected chi connectivity index (χ1v) is 10.7. The Morgan fingerprint density at radius 3 is 1.41 bits per heavy atom. The molecule has 4 aromatic heterocycles. The summed E-state index contributed by atoms with van der Waals surface area (Å²) in [6, 6.07) is 12.0. The van der Waals surface area contributed by atoms with E-state index in [1.165, 1.54) is 0 Å². The van der Waals surface area contributed by atoms with Crippen LogP contribution in [0.2, 0.25) is 0 Å². The van der Waals surface area contributed by atoms with Crippen molar-refractivity contribution in [3.63, 3.8) is 0 Å². The van der Waals surface area contributed by atoms with E-state index in [4.69, 9.17) is 0 Å². The van der Waals surface area contributed by atoms with Crippen LogP contribution in [0.15, 0.2) is 73.6 Å². The Kier molecular flexibility index (Phi) is 5.85. The van der Waals surface area contributed by atoms with E-state index in [0.29, 0.717) is 11.6 Å². The standard InChI is InChI=1S/C26H22N8/c1-33-17-21(15-29-33)23-11-13-27-25(31-23)9-7-19-3-5-20(6-4-19)8-10-26-28-14-12-24(32-26)22-16-30-34(2)18-22/h3-18H,1-2H3/b9-7+,10-8+. The van der Waals surface area contributed by atoms with Gasteiger partial charge in [-0.2, -0.15) is 10.2 Å². The van der Waals surface area contributed by atoms with Crippen LogP contribution in [0, 0.1) is 0 Å². The lowest BCUT2D eigenvalue weighted by molar-refractivity contribution is 0.768. The summed E-state index contributed by atoms with van der Waals surface area (Å²) in [5, 5.41) is 8.40. The number of benzene rings is 1. The van der Waals surface area contributed by atoms with Crippen molar-refractivity contribution in [2.45, 2.75) is 0 Å². The van der Waals surface area contributed by atoms with Crippen LogP contribution in [0.5, 0.6) is 0 Å². The van der Waals surface area contributed by atoms with Gasteiger partial charge in [0, 0.05) is 50.0 Å². The SMILES string of the molecule is Cn1cc(-c2ccnc(/C=C/c3ccc(/C=C/c4nccc(-c5cnn(C)c5)n4)cc3)n2)cn1. The first-order valence-electron chi connectivity index (χ1n) is 10.7. The average molecular weight is 447 g/mol. The third-order valence-electron chi connectivity index (χ3n) is 5.14. The second-order valence-corrected chi connectivity index (χ2v) is 7.74. The van der Waals surface area contributed by atoms with Gasteiger partial charge in [0.1, 0.15) is 0 Å². The molecular formula is C26H22N8. The Bertz CT molecular complexity index is 1360. The van der Waals surface area contributed by atoms with Crippen LogP contribution in [-0.2, 0) is 14.1 Å². The van der Waals surface area contributed by atoms with Gasteiger partial charge in [-0.1, -0.05) is 36.4 Å². The van der Waals surface area contributed by atoms with Crippen molar-refractivity contribution >= 4 is 24.3 Å². The maximum atomic E-state index is 4.60. The summed E-state index contributed by atoms with van der Waals surface area (Å²) in [7, 11) is 3.77. The molecular weight excluding hydrogens is 424 g/mol. The van der Waals surface area contributed by atoms with Gasteiger partial charge in [0.2, 0.25) is 0 Å². The molecule has 0 amide bonds. The van der Waals surface area contributed by atoms with Gasteiger partial charge in [-0.3, -0.25) is 9.36 Å². The summed E-state index contributed by atoms with van der Waals surface area (Å²) in [6.07, 6.45) is 18.8. The van der Waals surface area contributed by atoms with Gasteiger partial charge in [-0.05, 0) is 35.4 Å². The number of aryl methyl sites for hydroxylation is 2. The molecule has 0 radical (unpaired) electrons. The van der Waals surface area contributed by atoms with E-state index in [9.17, 15) is 0 Å². The zero-order valence-electron chi connectivity index (χ0n) is 18.8. The molecule has 5 rings (SSSR count). The highest BCUT2D eigenvalue weighted by molar-refractivity contribution is 5.71. The molecule has 166 valence electrons. The molecule has 0 saturated heterocycles. The molecule has 8 heteroatoms. The molecule has 0 saturated carbocycles. The van der Waals surface area contributed by atoms with Crippen LogP contribution in [0.3, 0.4) is 0 Å². The molecule has 1 aromatic carbocycles. The largest absolute Gasteiger partial charge is 0.275 e. The third kappa shape index (κ3) is 5.02. The van der Waals surface area contributed by atoms with Crippen LogP contribution in [0.25, 0.3) is 46.8 Å². The number of nitrogens with zero attached hydrogens (tertiary/aromatic N) is 8. The van der Waals surface area contributed by atoms with Gasteiger partial charge in [-0.25, -0.2) is 19.9 Å².